The Morgan fingerprint density at radius 3 is 2.13 bits per heavy atom. The van der Waals surface area contributed by atoms with Crippen molar-refractivity contribution in [1.29, 1.82) is 0 Å². The molecule has 306 valence electrons. The van der Waals surface area contributed by atoms with Gasteiger partial charge in [0.2, 0.25) is 5.95 Å². The summed E-state index contributed by atoms with van der Waals surface area (Å²) in [4.78, 5) is 16.3. The SMILES string of the molecule is CC(C)C1OC(COC2OC(CO)C(O)C(OC3CN(c4nc(=S)c5[nH]cnc5[nH]4)CC(CO)O3)C2O)C(O)C(OC2OC(CO)C(O)C(O)C2O)C1O. The van der Waals surface area contributed by atoms with Crippen molar-refractivity contribution in [2.75, 3.05) is 44.4 Å². The molecule has 0 saturated carbocycles. The Kier molecular flexibility index (Phi) is 13.5. The Bertz CT molecular complexity index is 1570. The highest BCUT2D eigenvalue weighted by atomic mass is 32.1. The molecular formula is C31H49N5O17S. The molecule has 22 nitrogen and oxygen atoms in total. The lowest BCUT2D eigenvalue weighted by atomic mass is 9.89. The summed E-state index contributed by atoms with van der Waals surface area (Å²) in [5.74, 6) is -0.0502. The van der Waals surface area contributed by atoms with E-state index in [0.717, 1.165) is 0 Å². The lowest BCUT2D eigenvalue weighted by molar-refractivity contribution is -0.353. The van der Waals surface area contributed by atoms with Crippen molar-refractivity contribution in [3.8, 4) is 0 Å². The minimum absolute atomic E-state index is 0.00628. The quantitative estimate of drug-likeness (QED) is 0.0893. The summed E-state index contributed by atoms with van der Waals surface area (Å²) in [5, 5.41) is 105. The van der Waals surface area contributed by atoms with Gasteiger partial charge < -0.3 is 99.1 Å². The van der Waals surface area contributed by atoms with Crippen molar-refractivity contribution >= 4 is 29.3 Å². The van der Waals surface area contributed by atoms with Gasteiger partial charge >= 0.3 is 0 Å². The standard InChI is InChI=1S/C31H49N5O17S/c1-10(2)24-22(45)25(53-30-21(44)20(43)17(40)12(6-38)51-30)19(42)14(49-24)8-47-29-23(46)26(18(41)13(7-39)50-29)52-15-4-36(3-11(5-37)48-15)31-34-27-16(28(54)35-31)32-9-33-27/h9-15,17-26,29-30,37-46H,3-8H2,1-2H3,(H2,32,33,34,35,54). The summed E-state index contributed by atoms with van der Waals surface area (Å²) in [6, 6.07) is 0. The number of morpholine rings is 1. The molecule has 23 heteroatoms. The fourth-order valence-electron chi connectivity index (χ4n) is 7.00. The first-order valence-corrected chi connectivity index (χ1v) is 18.0. The molecule has 0 amide bonds. The van der Waals surface area contributed by atoms with E-state index in [9.17, 15) is 51.1 Å². The Labute approximate surface area is 312 Å². The molecule has 2 aromatic rings. The van der Waals surface area contributed by atoms with Gasteiger partial charge in [-0.25, -0.2) is 9.97 Å². The van der Waals surface area contributed by atoms with Gasteiger partial charge in [-0.15, -0.1) is 0 Å². The molecule has 17 atom stereocenters. The number of hydrogen-bond acceptors (Lipinski definition) is 21. The van der Waals surface area contributed by atoms with Crippen LogP contribution in [0, 0.1) is 10.6 Å². The molecule has 12 N–H and O–H groups in total. The van der Waals surface area contributed by atoms with Crippen molar-refractivity contribution in [2.24, 2.45) is 5.92 Å². The van der Waals surface area contributed by atoms with Crippen LogP contribution in [0.1, 0.15) is 13.8 Å². The van der Waals surface area contributed by atoms with Crippen LogP contribution < -0.4 is 4.90 Å². The first kappa shape index (κ1) is 41.5. The number of aromatic nitrogens is 4. The maximum Gasteiger partial charge on any atom is 0.206 e. The number of nitrogens with zero attached hydrogens (tertiary/aromatic N) is 3. The number of aromatic amines is 2. The van der Waals surface area contributed by atoms with Gasteiger partial charge in [0.15, 0.2) is 29.2 Å². The van der Waals surface area contributed by atoms with Gasteiger partial charge in [0.25, 0.3) is 0 Å². The predicted octanol–water partition coefficient (Wildman–Crippen LogP) is -5.29. The molecule has 0 bridgehead atoms. The largest absolute Gasteiger partial charge is 0.394 e. The van der Waals surface area contributed by atoms with E-state index in [4.69, 9.17) is 45.4 Å². The fraction of sp³-hybridized carbons (Fsp3) is 0.839. The topological polar surface area (TPSA) is 328 Å². The van der Waals surface area contributed by atoms with Crippen LogP contribution in [0.5, 0.6) is 0 Å². The first-order chi connectivity index (χ1) is 25.8. The number of hydrogen-bond donors (Lipinski definition) is 12. The third-order valence-electron chi connectivity index (χ3n) is 10.0. The molecule has 0 aliphatic carbocycles. The number of anilines is 1. The van der Waals surface area contributed by atoms with Crippen LogP contribution in [0.3, 0.4) is 0 Å². The molecule has 6 rings (SSSR count). The molecule has 4 aliphatic rings. The average Bonchev–Trinajstić information content (AvgIpc) is 3.64. The van der Waals surface area contributed by atoms with E-state index in [0.29, 0.717) is 17.1 Å². The van der Waals surface area contributed by atoms with Crippen molar-refractivity contribution in [1.82, 2.24) is 19.9 Å². The Morgan fingerprint density at radius 2 is 1.44 bits per heavy atom. The van der Waals surface area contributed by atoms with Crippen molar-refractivity contribution < 1.29 is 84.2 Å². The molecular weight excluding hydrogens is 746 g/mol. The maximum absolute atomic E-state index is 11.4. The number of aliphatic hydroxyl groups is 10. The Hall–Kier alpha value is -2.11. The number of ether oxygens (including phenoxy) is 7. The van der Waals surface area contributed by atoms with Gasteiger partial charge in [-0.1, -0.05) is 26.1 Å². The van der Waals surface area contributed by atoms with Gasteiger partial charge in [0.1, 0.15) is 84.9 Å². The minimum Gasteiger partial charge on any atom is -0.394 e. The maximum atomic E-state index is 11.4. The highest BCUT2D eigenvalue weighted by Crippen LogP contribution is 2.33. The lowest BCUT2D eigenvalue weighted by Gasteiger charge is -2.48. The van der Waals surface area contributed by atoms with Crippen LogP contribution in [0.15, 0.2) is 6.33 Å². The van der Waals surface area contributed by atoms with Gasteiger partial charge in [0, 0.05) is 6.54 Å². The second kappa shape index (κ2) is 17.6. The van der Waals surface area contributed by atoms with E-state index < -0.39 is 131 Å². The summed E-state index contributed by atoms with van der Waals surface area (Å²) in [5.41, 5.74) is 0.977. The highest BCUT2D eigenvalue weighted by molar-refractivity contribution is 7.71. The zero-order valence-corrected chi connectivity index (χ0v) is 30.1. The van der Waals surface area contributed by atoms with Crippen LogP contribution in [0.25, 0.3) is 11.2 Å². The van der Waals surface area contributed by atoms with Crippen molar-refractivity contribution in [3.05, 3.63) is 11.0 Å². The zero-order valence-electron chi connectivity index (χ0n) is 29.3. The molecule has 0 spiro atoms. The molecule has 17 unspecified atom stereocenters. The first-order valence-electron chi connectivity index (χ1n) is 17.6. The Morgan fingerprint density at radius 1 is 0.778 bits per heavy atom. The van der Waals surface area contributed by atoms with Crippen LogP contribution in [-0.2, 0) is 33.2 Å². The van der Waals surface area contributed by atoms with E-state index in [-0.39, 0.29) is 23.6 Å². The van der Waals surface area contributed by atoms with Crippen LogP contribution >= 0.6 is 12.2 Å². The average molecular weight is 796 g/mol. The number of nitrogens with one attached hydrogen (secondary N) is 2. The van der Waals surface area contributed by atoms with Gasteiger partial charge in [-0.2, -0.15) is 0 Å². The monoisotopic (exact) mass is 795 g/mol. The molecule has 4 fully saturated rings. The smallest absolute Gasteiger partial charge is 0.206 e. The van der Waals surface area contributed by atoms with Gasteiger partial charge in [-0.05, 0) is 5.92 Å². The number of aliphatic hydroxyl groups excluding tert-OH is 10. The van der Waals surface area contributed by atoms with Crippen LogP contribution in [-0.4, -0.2) is 215 Å². The van der Waals surface area contributed by atoms with Gasteiger partial charge in [0.05, 0.1) is 45.4 Å². The molecule has 0 radical (unpaired) electrons. The third kappa shape index (κ3) is 8.44. The summed E-state index contributed by atoms with van der Waals surface area (Å²) in [7, 11) is 0. The molecule has 6 heterocycles. The third-order valence-corrected chi connectivity index (χ3v) is 10.3. The molecule has 2 aromatic heterocycles. The number of imidazole rings is 1. The summed E-state index contributed by atoms with van der Waals surface area (Å²) < 4.78 is 40.9. The lowest BCUT2D eigenvalue weighted by Crippen LogP contribution is -2.65. The number of H-pyrrole nitrogens is 2. The second-order valence-corrected chi connectivity index (χ2v) is 14.5. The minimum atomic E-state index is -1.82. The normalized spacial score (nSPS) is 42.2. The van der Waals surface area contributed by atoms with Crippen molar-refractivity contribution in [2.45, 2.75) is 118 Å². The van der Waals surface area contributed by atoms with Crippen LogP contribution in [0.4, 0.5) is 5.95 Å². The number of rotatable bonds is 12. The van der Waals surface area contributed by atoms with Gasteiger partial charge in [-0.3, -0.25) is 0 Å². The van der Waals surface area contributed by atoms with E-state index in [1.54, 1.807) is 18.7 Å². The summed E-state index contributed by atoms with van der Waals surface area (Å²) >= 11 is 5.38. The summed E-state index contributed by atoms with van der Waals surface area (Å²) in [6.07, 6.45) is -23.3. The van der Waals surface area contributed by atoms with E-state index >= 15 is 0 Å². The molecule has 4 saturated heterocycles. The van der Waals surface area contributed by atoms with E-state index in [2.05, 4.69) is 19.9 Å². The van der Waals surface area contributed by atoms with Crippen molar-refractivity contribution in [3.63, 3.8) is 0 Å². The Balaban J connectivity index is 1.15. The molecule has 0 aromatic carbocycles. The molecule has 54 heavy (non-hydrogen) atoms. The fourth-order valence-corrected chi connectivity index (χ4v) is 7.24. The van der Waals surface area contributed by atoms with E-state index in [1.165, 1.54) is 6.33 Å². The zero-order chi connectivity index (χ0) is 39.0. The summed E-state index contributed by atoms with van der Waals surface area (Å²) in [6.45, 7) is 1.26. The van der Waals surface area contributed by atoms with E-state index in [1.807, 2.05) is 0 Å². The predicted molar refractivity (Wildman–Crippen MR) is 180 cm³/mol. The molecule has 4 aliphatic heterocycles. The number of fused-ring (bicyclic) bond motifs is 1. The van der Waals surface area contributed by atoms with Crippen LogP contribution in [0.2, 0.25) is 0 Å². The second-order valence-electron chi connectivity index (χ2n) is 14.1. The highest BCUT2D eigenvalue weighted by Gasteiger charge is 2.52.